The fraction of sp³-hybridized carbons (Fsp3) is 0.318. The van der Waals surface area contributed by atoms with Crippen LogP contribution in [0, 0.1) is 0 Å². The van der Waals surface area contributed by atoms with E-state index in [2.05, 4.69) is 69.4 Å². The van der Waals surface area contributed by atoms with Crippen LogP contribution in [0.25, 0.3) is 10.9 Å². The van der Waals surface area contributed by atoms with Gasteiger partial charge in [0.25, 0.3) is 0 Å². The quantitative estimate of drug-likeness (QED) is 0.712. The lowest BCUT2D eigenvalue weighted by Crippen LogP contribution is -2.46. The van der Waals surface area contributed by atoms with Gasteiger partial charge in [0, 0.05) is 50.9 Å². The molecule has 0 amide bonds. The highest BCUT2D eigenvalue weighted by Gasteiger charge is 2.17. The van der Waals surface area contributed by atoms with Crippen molar-refractivity contribution < 1.29 is 0 Å². The summed E-state index contributed by atoms with van der Waals surface area (Å²) in [6, 6.07) is 21.5. The number of aromatic nitrogens is 1. The number of rotatable bonds is 5. The van der Waals surface area contributed by atoms with Crippen molar-refractivity contribution in [3.05, 3.63) is 78.0 Å². The largest absolute Gasteiger partial charge is 0.300 e. The molecule has 1 aliphatic heterocycles. The van der Waals surface area contributed by atoms with Crippen LogP contribution in [0.3, 0.4) is 0 Å². The van der Waals surface area contributed by atoms with Crippen molar-refractivity contribution in [2.75, 3.05) is 32.7 Å². The second kappa shape index (κ2) is 7.77. The van der Waals surface area contributed by atoms with E-state index in [1.807, 2.05) is 12.3 Å². The van der Waals surface area contributed by atoms with Crippen LogP contribution >= 0.6 is 0 Å². The van der Waals surface area contributed by atoms with Crippen molar-refractivity contribution in [2.24, 2.45) is 0 Å². The molecule has 3 aromatic rings. The number of hydrogen-bond donors (Lipinski definition) is 0. The van der Waals surface area contributed by atoms with Gasteiger partial charge < -0.3 is 4.90 Å². The van der Waals surface area contributed by atoms with Crippen molar-refractivity contribution in [3.8, 4) is 0 Å². The smallest absolute Gasteiger partial charge is 0.0746 e. The van der Waals surface area contributed by atoms with Gasteiger partial charge >= 0.3 is 0 Å². The van der Waals surface area contributed by atoms with E-state index in [9.17, 15) is 0 Å². The van der Waals surface area contributed by atoms with Gasteiger partial charge in [-0.1, -0.05) is 54.6 Å². The molecule has 0 aliphatic carbocycles. The van der Waals surface area contributed by atoms with E-state index < -0.39 is 0 Å². The van der Waals surface area contributed by atoms with E-state index in [0.717, 1.165) is 51.2 Å². The second-order valence-electron chi connectivity index (χ2n) is 6.85. The van der Waals surface area contributed by atoms with Gasteiger partial charge in [-0.3, -0.25) is 9.88 Å². The van der Waals surface area contributed by atoms with Gasteiger partial charge in [-0.2, -0.15) is 0 Å². The lowest BCUT2D eigenvalue weighted by atomic mass is 10.1. The van der Waals surface area contributed by atoms with Crippen LogP contribution in [0.5, 0.6) is 0 Å². The number of hydrogen-bond acceptors (Lipinski definition) is 3. The Morgan fingerprint density at radius 2 is 1.52 bits per heavy atom. The number of fused-ring (bicyclic) bond motifs is 1. The molecule has 1 aliphatic rings. The molecule has 25 heavy (non-hydrogen) atoms. The van der Waals surface area contributed by atoms with Crippen LogP contribution in [0.4, 0.5) is 0 Å². The molecule has 2 heterocycles. The summed E-state index contributed by atoms with van der Waals surface area (Å²) in [6.45, 7) is 6.75. The average molecular weight is 331 g/mol. The van der Waals surface area contributed by atoms with Gasteiger partial charge in [0.2, 0.25) is 0 Å². The number of para-hydroxylation sites is 1. The van der Waals surface area contributed by atoms with Gasteiger partial charge in [-0.05, 0) is 23.6 Å². The molecule has 3 nitrogen and oxygen atoms in total. The Balaban J connectivity index is 1.31. The summed E-state index contributed by atoms with van der Waals surface area (Å²) in [5, 5.41) is 1.24. The zero-order valence-corrected chi connectivity index (χ0v) is 14.6. The van der Waals surface area contributed by atoms with Crippen LogP contribution in [-0.2, 0) is 13.0 Å². The summed E-state index contributed by atoms with van der Waals surface area (Å²) in [7, 11) is 0. The maximum Gasteiger partial charge on any atom is 0.0746 e. The predicted molar refractivity (Wildman–Crippen MR) is 104 cm³/mol. The Morgan fingerprint density at radius 3 is 2.36 bits per heavy atom. The molecular weight excluding hydrogens is 306 g/mol. The topological polar surface area (TPSA) is 19.4 Å². The van der Waals surface area contributed by atoms with Crippen LogP contribution < -0.4 is 0 Å². The molecule has 3 heteroatoms. The first-order valence-corrected chi connectivity index (χ1v) is 9.20. The molecule has 1 fully saturated rings. The highest BCUT2D eigenvalue weighted by atomic mass is 15.3. The number of piperazine rings is 1. The standard InChI is InChI=1S/C22H25N3/c1-2-6-19(7-3-1)11-13-24-14-16-25(17-15-24)18-21-9-4-8-20-10-5-12-23-22(20)21/h1-10,12H,11,13-18H2. The molecule has 128 valence electrons. The third-order valence-corrected chi connectivity index (χ3v) is 5.13. The highest BCUT2D eigenvalue weighted by Crippen LogP contribution is 2.18. The first-order chi connectivity index (χ1) is 12.4. The Hall–Kier alpha value is -2.23. The lowest BCUT2D eigenvalue weighted by molar-refractivity contribution is 0.128. The van der Waals surface area contributed by atoms with Crippen LogP contribution in [-0.4, -0.2) is 47.5 Å². The van der Waals surface area contributed by atoms with Gasteiger partial charge in [-0.25, -0.2) is 0 Å². The molecule has 2 aromatic carbocycles. The number of pyridine rings is 1. The molecule has 0 saturated carbocycles. The van der Waals surface area contributed by atoms with E-state index in [1.165, 1.54) is 16.5 Å². The summed E-state index contributed by atoms with van der Waals surface area (Å²) in [5.74, 6) is 0. The van der Waals surface area contributed by atoms with Crippen molar-refractivity contribution >= 4 is 10.9 Å². The summed E-state index contributed by atoms with van der Waals surface area (Å²) in [6.07, 6.45) is 3.04. The minimum absolute atomic E-state index is 1.00. The minimum Gasteiger partial charge on any atom is -0.300 e. The average Bonchev–Trinajstić information content (AvgIpc) is 2.69. The van der Waals surface area contributed by atoms with Crippen molar-refractivity contribution in [1.82, 2.24) is 14.8 Å². The maximum atomic E-state index is 4.59. The fourth-order valence-corrected chi connectivity index (χ4v) is 3.64. The third kappa shape index (κ3) is 4.06. The van der Waals surface area contributed by atoms with Crippen LogP contribution in [0.2, 0.25) is 0 Å². The van der Waals surface area contributed by atoms with Gasteiger partial charge in [0.1, 0.15) is 0 Å². The summed E-state index contributed by atoms with van der Waals surface area (Å²) in [4.78, 5) is 9.73. The summed E-state index contributed by atoms with van der Waals surface area (Å²) < 4.78 is 0. The summed E-state index contributed by atoms with van der Waals surface area (Å²) in [5.41, 5.74) is 3.93. The van der Waals surface area contributed by atoms with Crippen molar-refractivity contribution in [1.29, 1.82) is 0 Å². The molecule has 0 atom stereocenters. The maximum absolute atomic E-state index is 4.59. The van der Waals surface area contributed by atoms with Gasteiger partial charge in [0.15, 0.2) is 0 Å². The predicted octanol–water partition coefficient (Wildman–Crippen LogP) is 3.60. The van der Waals surface area contributed by atoms with Crippen LogP contribution in [0.15, 0.2) is 66.9 Å². The zero-order chi connectivity index (χ0) is 16.9. The minimum atomic E-state index is 1.00. The molecule has 1 saturated heterocycles. The van der Waals surface area contributed by atoms with Crippen LogP contribution in [0.1, 0.15) is 11.1 Å². The first-order valence-electron chi connectivity index (χ1n) is 9.20. The van der Waals surface area contributed by atoms with Crippen molar-refractivity contribution in [2.45, 2.75) is 13.0 Å². The van der Waals surface area contributed by atoms with E-state index in [1.54, 1.807) is 0 Å². The molecule has 0 N–H and O–H groups in total. The molecular formula is C22H25N3. The van der Waals surface area contributed by atoms with Crippen molar-refractivity contribution in [3.63, 3.8) is 0 Å². The van der Waals surface area contributed by atoms with Gasteiger partial charge in [0.05, 0.1) is 5.52 Å². The normalized spacial score (nSPS) is 16.3. The van der Waals surface area contributed by atoms with Gasteiger partial charge in [-0.15, -0.1) is 0 Å². The SMILES string of the molecule is c1ccc(CCN2CCN(Cc3cccc4cccnc34)CC2)cc1. The van der Waals surface area contributed by atoms with E-state index in [4.69, 9.17) is 0 Å². The Labute approximate surface area is 149 Å². The molecule has 0 unspecified atom stereocenters. The lowest BCUT2D eigenvalue weighted by Gasteiger charge is -2.34. The van der Waals surface area contributed by atoms with E-state index >= 15 is 0 Å². The second-order valence-corrected chi connectivity index (χ2v) is 6.85. The Kier molecular flexibility index (Phi) is 5.05. The molecule has 0 spiro atoms. The number of nitrogens with zero attached hydrogens (tertiary/aromatic N) is 3. The molecule has 1 aromatic heterocycles. The monoisotopic (exact) mass is 331 g/mol. The Bertz CT molecular complexity index is 802. The van der Waals surface area contributed by atoms with E-state index in [-0.39, 0.29) is 0 Å². The first kappa shape index (κ1) is 16.2. The Morgan fingerprint density at radius 1 is 0.760 bits per heavy atom. The fourth-order valence-electron chi connectivity index (χ4n) is 3.64. The molecule has 4 rings (SSSR count). The van der Waals surface area contributed by atoms with E-state index in [0.29, 0.717) is 0 Å². The third-order valence-electron chi connectivity index (χ3n) is 5.13. The summed E-state index contributed by atoms with van der Waals surface area (Å²) >= 11 is 0. The highest BCUT2D eigenvalue weighted by molar-refractivity contribution is 5.81. The number of benzene rings is 2. The molecule has 0 bridgehead atoms. The zero-order valence-electron chi connectivity index (χ0n) is 14.6. The molecule has 0 radical (unpaired) electrons.